The summed E-state index contributed by atoms with van der Waals surface area (Å²) in [5, 5.41) is 29.7. The van der Waals surface area contributed by atoms with Gasteiger partial charge in [0.05, 0.1) is 6.10 Å². The van der Waals surface area contributed by atoms with Gasteiger partial charge in [0.1, 0.15) is 42.3 Å². The molecule has 1 saturated heterocycles. The fourth-order valence-electron chi connectivity index (χ4n) is 7.50. The molecule has 0 spiro atoms. The second kappa shape index (κ2) is 28.2. The van der Waals surface area contributed by atoms with E-state index in [0.29, 0.717) is 51.6 Å². The minimum atomic E-state index is -1.57. The minimum Gasteiger partial charge on any atom is -0.391 e. The number of aliphatic hydroxyl groups is 1. The van der Waals surface area contributed by atoms with Crippen LogP contribution in [0.4, 0.5) is 0 Å². The molecule has 1 heterocycles. The molecule has 0 radical (unpaired) electrons. The minimum absolute atomic E-state index is 0.118. The number of aliphatic imine (C=N–C) groups is 1. The Labute approximate surface area is 383 Å². The monoisotopic (exact) mass is 914 g/mol. The van der Waals surface area contributed by atoms with Crippen molar-refractivity contribution in [2.45, 2.75) is 162 Å². The second-order valence-electron chi connectivity index (χ2n) is 16.9. The average molecular weight is 914 g/mol. The third kappa shape index (κ3) is 18.0. The van der Waals surface area contributed by atoms with E-state index in [1.807, 2.05) is 19.9 Å². The zero-order valence-corrected chi connectivity index (χ0v) is 39.4. The maximum absolute atomic E-state index is 14.1. The Bertz CT molecular complexity index is 1780. The molecule has 0 unspecified atom stereocenters. The summed E-state index contributed by atoms with van der Waals surface area (Å²) in [4.78, 5) is 114. The first-order chi connectivity index (χ1) is 30.8. The van der Waals surface area contributed by atoms with Crippen LogP contribution >= 0.6 is 0 Å². The first-order valence-corrected chi connectivity index (χ1v) is 22.9. The van der Waals surface area contributed by atoms with Crippen molar-refractivity contribution in [3.63, 3.8) is 0 Å². The summed E-state index contributed by atoms with van der Waals surface area (Å²) in [7, 11) is 0. The molecule has 2 rings (SSSR count). The lowest BCUT2D eigenvalue weighted by Crippen LogP contribution is -2.62. The first-order valence-electron chi connectivity index (χ1n) is 22.9. The molecule has 0 saturated carbocycles. The molecule has 0 aromatic heterocycles. The maximum Gasteiger partial charge on any atom is 0.245 e. The molecule has 1 aliphatic rings. The largest absolute Gasteiger partial charge is 0.391 e. The number of benzene rings is 1. The Morgan fingerprint density at radius 2 is 1.26 bits per heavy atom. The molecular weight excluding hydrogens is 839 g/mol. The molecule has 1 aromatic rings. The van der Waals surface area contributed by atoms with Crippen LogP contribution in [0.5, 0.6) is 0 Å². The van der Waals surface area contributed by atoms with Gasteiger partial charge in [-0.25, -0.2) is 0 Å². The van der Waals surface area contributed by atoms with Crippen molar-refractivity contribution < 1.29 is 43.5 Å². The highest BCUT2D eigenvalue weighted by Gasteiger charge is 2.40. The lowest BCUT2D eigenvalue weighted by atomic mass is 9.96. The molecule has 0 bridgehead atoms. The highest BCUT2D eigenvalue weighted by atomic mass is 16.3. The number of rotatable bonds is 27. The second-order valence-corrected chi connectivity index (χ2v) is 16.9. The number of hydrogen-bond donors (Lipinski definition) is 10. The van der Waals surface area contributed by atoms with Crippen molar-refractivity contribution in [3.8, 4) is 0 Å². The highest BCUT2D eigenvalue weighted by molar-refractivity contribution is 5.98. The molecule has 12 N–H and O–H groups in total. The van der Waals surface area contributed by atoms with Gasteiger partial charge in [0, 0.05) is 33.0 Å². The topological polar surface area (TPSA) is 309 Å². The van der Waals surface area contributed by atoms with Crippen molar-refractivity contribution in [3.05, 3.63) is 35.9 Å². The van der Waals surface area contributed by atoms with E-state index in [0.717, 1.165) is 5.56 Å². The lowest BCUT2D eigenvalue weighted by Gasteiger charge is -2.32. The SMILES string of the molecule is CCC[C@H](NC(=O)[C@@H](NC(=O)[C@H](NC(=O)[C@H](Cc1ccccc1)NC(C)=O)[C@@H](C)CC)[C@@H](C)O)C(=O)N[C@H](C(=O)N[C@@H](CCCN=C(N)N)C(=O)N1CCC[C@H]1C(=O)NCC)[C@@H](C)CC. The summed E-state index contributed by atoms with van der Waals surface area (Å²) in [5.41, 5.74) is 11.8. The van der Waals surface area contributed by atoms with Crippen molar-refractivity contribution in [1.29, 1.82) is 0 Å². The van der Waals surface area contributed by atoms with E-state index >= 15 is 0 Å². The molecule has 20 nitrogen and oxygen atoms in total. The number of aliphatic hydroxyl groups excluding tert-OH is 1. The Morgan fingerprint density at radius 1 is 0.723 bits per heavy atom. The van der Waals surface area contributed by atoms with Gasteiger partial charge < -0.3 is 58.7 Å². The average Bonchev–Trinajstić information content (AvgIpc) is 3.76. The smallest absolute Gasteiger partial charge is 0.245 e. The zero-order valence-electron chi connectivity index (χ0n) is 39.4. The quantitative estimate of drug-likeness (QED) is 0.0308. The van der Waals surface area contributed by atoms with Crippen LogP contribution in [0, 0.1) is 11.8 Å². The van der Waals surface area contributed by atoms with Crippen LogP contribution in [0.15, 0.2) is 35.3 Å². The Hall–Kier alpha value is -5.79. The van der Waals surface area contributed by atoms with Gasteiger partial charge in [0.2, 0.25) is 47.3 Å². The van der Waals surface area contributed by atoms with Gasteiger partial charge in [-0.2, -0.15) is 0 Å². The number of likely N-dealkylation sites (tertiary alicyclic amines) is 1. The van der Waals surface area contributed by atoms with Crippen LogP contribution in [0.1, 0.15) is 112 Å². The number of carbonyl (C=O) groups is 8. The third-order valence-corrected chi connectivity index (χ3v) is 11.6. The number of nitrogens with one attached hydrogen (secondary N) is 7. The van der Waals surface area contributed by atoms with Gasteiger partial charge in [-0.1, -0.05) is 84.2 Å². The molecular formula is C45H75N11O9. The zero-order chi connectivity index (χ0) is 48.8. The van der Waals surface area contributed by atoms with Crippen molar-refractivity contribution >= 4 is 53.2 Å². The third-order valence-electron chi connectivity index (χ3n) is 11.6. The molecule has 0 aliphatic carbocycles. The highest BCUT2D eigenvalue weighted by Crippen LogP contribution is 2.21. The first kappa shape index (κ1) is 55.3. The Morgan fingerprint density at radius 3 is 1.78 bits per heavy atom. The van der Waals surface area contributed by atoms with E-state index < -0.39 is 102 Å². The van der Waals surface area contributed by atoms with Gasteiger partial charge in [0.15, 0.2) is 5.96 Å². The van der Waals surface area contributed by atoms with Gasteiger partial charge in [0.25, 0.3) is 0 Å². The molecule has 8 amide bonds. The van der Waals surface area contributed by atoms with Gasteiger partial charge >= 0.3 is 0 Å². The number of hydrogen-bond acceptors (Lipinski definition) is 10. The fourth-order valence-corrected chi connectivity index (χ4v) is 7.50. The Kier molecular flexibility index (Phi) is 24.0. The summed E-state index contributed by atoms with van der Waals surface area (Å²) in [6, 6.07) is 1.10. The lowest BCUT2D eigenvalue weighted by molar-refractivity contribution is -0.142. The van der Waals surface area contributed by atoms with Crippen LogP contribution in [0.3, 0.4) is 0 Å². The standard InChI is InChI=1S/C45H75N11O9/c1-9-18-31(51-43(64)37(28(7)57)55-42(63)36(27(6)11-3)54-39(60)33(50-29(8)58)25-30-19-14-13-15-20-30)38(59)53-35(26(5)10-2)41(62)52-32(21-16-23-49-45(46)47)44(65)56-24-17-22-34(56)40(61)48-12-4/h13-15,19-20,26-28,31-37,57H,9-12,16-18,21-25H2,1-8H3,(H,48,61)(H,50,58)(H,51,64)(H,52,62)(H,53,59)(H,54,60)(H,55,63)(H4,46,47,49)/t26-,27-,28+,31-,32-,33-,34-,35-,36+,37-/m0/s1. The predicted molar refractivity (Wildman–Crippen MR) is 246 cm³/mol. The molecule has 20 heteroatoms. The molecule has 65 heavy (non-hydrogen) atoms. The Balaban J connectivity index is 2.32. The van der Waals surface area contributed by atoms with Gasteiger partial charge in [-0.05, 0) is 63.4 Å². The van der Waals surface area contributed by atoms with Crippen LogP contribution in [-0.2, 0) is 44.8 Å². The number of likely N-dealkylation sites (N-methyl/N-ethyl adjacent to an activating group) is 1. The van der Waals surface area contributed by atoms with Crippen LogP contribution in [-0.4, -0.2) is 131 Å². The fraction of sp³-hybridized carbons (Fsp3) is 0.667. The normalized spacial score (nSPS) is 17.6. The summed E-state index contributed by atoms with van der Waals surface area (Å²) in [6.07, 6.45) is 1.63. The van der Waals surface area contributed by atoms with Crippen molar-refractivity contribution in [2.75, 3.05) is 19.6 Å². The van der Waals surface area contributed by atoms with E-state index in [9.17, 15) is 43.5 Å². The van der Waals surface area contributed by atoms with Crippen molar-refractivity contribution in [1.82, 2.24) is 42.1 Å². The molecule has 1 aliphatic heterocycles. The van der Waals surface area contributed by atoms with E-state index in [2.05, 4.69) is 42.2 Å². The van der Waals surface area contributed by atoms with E-state index in [4.69, 9.17) is 11.5 Å². The number of amides is 8. The van der Waals surface area contributed by atoms with E-state index in [1.54, 1.807) is 52.0 Å². The predicted octanol–water partition coefficient (Wildman–Crippen LogP) is -0.388. The number of guanidine groups is 1. The van der Waals surface area contributed by atoms with Gasteiger partial charge in [-0.15, -0.1) is 0 Å². The van der Waals surface area contributed by atoms with Crippen LogP contribution < -0.4 is 48.7 Å². The molecule has 364 valence electrons. The summed E-state index contributed by atoms with van der Waals surface area (Å²) < 4.78 is 0. The van der Waals surface area contributed by atoms with Gasteiger partial charge in [-0.3, -0.25) is 43.3 Å². The van der Waals surface area contributed by atoms with Crippen LogP contribution in [0.25, 0.3) is 0 Å². The summed E-state index contributed by atoms with van der Waals surface area (Å²) >= 11 is 0. The number of carbonyl (C=O) groups excluding carboxylic acids is 8. The van der Waals surface area contributed by atoms with E-state index in [-0.39, 0.29) is 37.7 Å². The van der Waals surface area contributed by atoms with Crippen molar-refractivity contribution in [2.24, 2.45) is 28.3 Å². The van der Waals surface area contributed by atoms with Crippen LogP contribution in [0.2, 0.25) is 0 Å². The number of nitrogens with two attached hydrogens (primary N) is 2. The number of nitrogens with zero attached hydrogens (tertiary/aromatic N) is 2. The van der Waals surface area contributed by atoms with E-state index in [1.165, 1.54) is 18.7 Å². The molecule has 1 aromatic carbocycles. The molecule has 1 fully saturated rings. The summed E-state index contributed by atoms with van der Waals surface area (Å²) in [5.74, 6) is -5.86. The summed E-state index contributed by atoms with van der Waals surface area (Å²) in [6.45, 7) is 14.2. The molecule has 10 atom stereocenters. The maximum atomic E-state index is 14.1.